The van der Waals surface area contributed by atoms with Crippen LogP contribution in [0, 0.1) is 0 Å². The molecule has 4 heterocycles. The third-order valence-electron chi connectivity index (χ3n) is 5.06. The molecule has 2 unspecified atom stereocenters. The number of hydrogen-bond acceptors (Lipinski definition) is 11. The third-order valence-corrected chi connectivity index (χ3v) is 6.33. The van der Waals surface area contributed by atoms with Crippen molar-refractivity contribution in [2.24, 2.45) is 7.05 Å². The number of halogens is 1. The molecule has 0 saturated heterocycles. The van der Waals surface area contributed by atoms with Gasteiger partial charge in [-0.1, -0.05) is 25.4 Å². The summed E-state index contributed by atoms with van der Waals surface area (Å²) in [6, 6.07) is 1.84. The molecule has 0 aromatic carbocycles. The van der Waals surface area contributed by atoms with Crippen molar-refractivity contribution in [1.29, 1.82) is 0 Å². The van der Waals surface area contributed by atoms with Gasteiger partial charge in [0.1, 0.15) is 17.8 Å². The number of aromatic nitrogens is 9. The first-order chi connectivity index (χ1) is 16.4. The van der Waals surface area contributed by atoms with E-state index in [1.807, 2.05) is 26.2 Å². The normalized spacial score (nSPS) is 12.9. The number of rotatable bonds is 9. The zero-order valence-electron chi connectivity index (χ0n) is 19.2. The summed E-state index contributed by atoms with van der Waals surface area (Å²) in [5.41, 5.74) is 1.06. The molecule has 0 bridgehead atoms. The van der Waals surface area contributed by atoms with Gasteiger partial charge in [0, 0.05) is 36.8 Å². The molecule has 0 amide bonds. The molecule has 0 aliphatic carbocycles. The molecule has 178 valence electrons. The predicted molar refractivity (Wildman–Crippen MR) is 128 cm³/mol. The fourth-order valence-electron chi connectivity index (χ4n) is 3.12. The zero-order valence-corrected chi connectivity index (χ0v) is 20.7. The highest BCUT2D eigenvalue weighted by atomic mass is 35.5. The highest BCUT2D eigenvalue weighted by molar-refractivity contribution is 8.01. The molecule has 14 heteroatoms. The Balaban J connectivity index is 1.70. The van der Waals surface area contributed by atoms with Crippen LogP contribution in [-0.2, 0) is 7.05 Å². The van der Waals surface area contributed by atoms with Gasteiger partial charge in [-0.25, -0.2) is 14.5 Å². The van der Waals surface area contributed by atoms with Crippen molar-refractivity contribution in [3.05, 3.63) is 41.8 Å². The summed E-state index contributed by atoms with van der Waals surface area (Å²) >= 11 is 7.37. The summed E-state index contributed by atoms with van der Waals surface area (Å²) in [6.45, 7) is 4.11. The number of anilines is 1. The van der Waals surface area contributed by atoms with Crippen LogP contribution in [0.1, 0.15) is 25.6 Å². The second-order valence-corrected chi connectivity index (χ2v) is 8.89. The molecule has 0 aliphatic heterocycles. The van der Waals surface area contributed by atoms with E-state index < -0.39 is 0 Å². The van der Waals surface area contributed by atoms with Crippen molar-refractivity contribution in [2.75, 3.05) is 18.9 Å². The molecule has 0 aliphatic rings. The zero-order chi connectivity index (χ0) is 24.2. The molecule has 0 spiro atoms. The van der Waals surface area contributed by atoms with Crippen LogP contribution in [0.25, 0.3) is 17.2 Å². The molecule has 4 aromatic rings. The van der Waals surface area contributed by atoms with E-state index in [0.717, 1.165) is 0 Å². The van der Waals surface area contributed by atoms with Crippen molar-refractivity contribution < 1.29 is 9.47 Å². The smallest absolute Gasteiger partial charge is 0.245 e. The number of ether oxygens (including phenoxy) is 2. The highest BCUT2D eigenvalue weighted by Gasteiger charge is 2.26. The summed E-state index contributed by atoms with van der Waals surface area (Å²) < 4.78 is 17.7. The Hall–Kier alpha value is -3.45. The second kappa shape index (κ2) is 10.2. The summed E-state index contributed by atoms with van der Waals surface area (Å²) in [7, 11) is 4.87. The van der Waals surface area contributed by atoms with Gasteiger partial charge < -0.3 is 9.47 Å². The number of nitrogens with one attached hydrogen (secondary N) is 1. The van der Waals surface area contributed by atoms with Gasteiger partial charge in [0.2, 0.25) is 17.7 Å². The van der Waals surface area contributed by atoms with Crippen molar-refractivity contribution >= 4 is 29.5 Å². The number of aryl methyl sites for hydroxylation is 1. The molecule has 4 aromatic heterocycles. The van der Waals surface area contributed by atoms with Gasteiger partial charge >= 0.3 is 0 Å². The van der Waals surface area contributed by atoms with Crippen LogP contribution in [0.3, 0.4) is 0 Å². The van der Waals surface area contributed by atoms with E-state index in [0.29, 0.717) is 45.8 Å². The van der Waals surface area contributed by atoms with E-state index in [2.05, 4.69) is 46.9 Å². The minimum Gasteiger partial charge on any atom is -0.479 e. The van der Waals surface area contributed by atoms with Crippen molar-refractivity contribution in [3.63, 3.8) is 0 Å². The topological polar surface area (TPSA) is 131 Å². The summed E-state index contributed by atoms with van der Waals surface area (Å²) in [4.78, 5) is 17.1. The standard InChI is InChI=1S/C20H23ClN10O2S/c1-11(16-22-8-13(21)9-23-16)12(2)34-29-20-27-26-17(14-6-7-30(3)28-14)31(20)15-18(32-4)24-10-25-19(15)33-5/h6-12H,1-5H3,(H,27,29). The Morgan fingerprint density at radius 1 is 1.03 bits per heavy atom. The molecule has 0 saturated carbocycles. The van der Waals surface area contributed by atoms with Crippen LogP contribution >= 0.6 is 23.5 Å². The van der Waals surface area contributed by atoms with Crippen LogP contribution in [0.5, 0.6) is 11.8 Å². The van der Waals surface area contributed by atoms with Crippen LogP contribution in [0.2, 0.25) is 5.02 Å². The van der Waals surface area contributed by atoms with Gasteiger partial charge in [0.05, 0.1) is 19.2 Å². The maximum Gasteiger partial charge on any atom is 0.245 e. The Labute approximate surface area is 205 Å². The molecular formula is C20H23ClN10O2S. The molecule has 0 fully saturated rings. The third kappa shape index (κ3) is 4.75. The molecule has 2 atom stereocenters. The van der Waals surface area contributed by atoms with Crippen LogP contribution in [-0.4, -0.2) is 64.0 Å². The van der Waals surface area contributed by atoms with Crippen molar-refractivity contribution in [1.82, 2.24) is 44.5 Å². The molecule has 12 nitrogen and oxygen atoms in total. The van der Waals surface area contributed by atoms with Gasteiger partial charge in [-0.2, -0.15) is 15.1 Å². The van der Waals surface area contributed by atoms with Crippen LogP contribution < -0.4 is 14.2 Å². The fraction of sp³-hybridized carbons (Fsp3) is 0.350. The van der Waals surface area contributed by atoms with Crippen molar-refractivity contribution in [2.45, 2.75) is 25.0 Å². The quantitative estimate of drug-likeness (QED) is 0.338. The van der Waals surface area contributed by atoms with E-state index in [4.69, 9.17) is 21.1 Å². The van der Waals surface area contributed by atoms with E-state index in [1.54, 1.807) is 21.6 Å². The summed E-state index contributed by atoms with van der Waals surface area (Å²) in [5, 5.41) is 13.8. The Morgan fingerprint density at radius 3 is 2.29 bits per heavy atom. The molecule has 34 heavy (non-hydrogen) atoms. The van der Waals surface area contributed by atoms with Crippen molar-refractivity contribution in [3.8, 4) is 29.0 Å². The molecular weight excluding hydrogens is 480 g/mol. The maximum absolute atomic E-state index is 5.92. The molecule has 1 N–H and O–H groups in total. The van der Waals surface area contributed by atoms with Gasteiger partial charge in [-0.05, 0) is 18.0 Å². The molecule has 0 radical (unpaired) electrons. The second-order valence-electron chi connectivity index (χ2n) is 7.27. The van der Waals surface area contributed by atoms with Gasteiger partial charge in [-0.15, -0.1) is 10.2 Å². The number of nitrogens with zero attached hydrogens (tertiary/aromatic N) is 9. The van der Waals surface area contributed by atoms with Crippen LogP contribution in [0.4, 0.5) is 5.95 Å². The predicted octanol–water partition coefficient (Wildman–Crippen LogP) is 3.17. The van der Waals surface area contributed by atoms with E-state index in [1.165, 1.54) is 32.5 Å². The number of methoxy groups -OCH3 is 2. The summed E-state index contributed by atoms with van der Waals surface area (Å²) in [5.74, 6) is 2.22. The van der Waals surface area contributed by atoms with Gasteiger partial charge in [0.15, 0.2) is 11.5 Å². The average Bonchev–Trinajstić information content (AvgIpc) is 3.47. The SMILES string of the molecule is COc1ncnc(OC)c1-n1c(NSC(C)C(C)c2ncc(Cl)cn2)nnc1-c1ccn(C)n1. The maximum atomic E-state index is 5.92. The summed E-state index contributed by atoms with van der Waals surface area (Å²) in [6.07, 6.45) is 6.37. The molecule has 4 rings (SSSR count). The average molecular weight is 503 g/mol. The highest BCUT2D eigenvalue weighted by Crippen LogP contribution is 2.36. The van der Waals surface area contributed by atoms with Gasteiger partial charge in [0.25, 0.3) is 0 Å². The fourth-order valence-corrected chi connectivity index (χ4v) is 3.96. The first kappa shape index (κ1) is 23.7. The lowest BCUT2D eigenvalue weighted by Crippen LogP contribution is -2.15. The lowest BCUT2D eigenvalue weighted by Gasteiger charge is -2.19. The lowest BCUT2D eigenvalue weighted by molar-refractivity contribution is 0.368. The largest absolute Gasteiger partial charge is 0.479 e. The van der Waals surface area contributed by atoms with E-state index in [-0.39, 0.29) is 11.2 Å². The first-order valence-electron chi connectivity index (χ1n) is 10.2. The van der Waals surface area contributed by atoms with E-state index in [9.17, 15) is 0 Å². The Bertz CT molecular complexity index is 1240. The lowest BCUT2D eigenvalue weighted by atomic mass is 10.1. The van der Waals surface area contributed by atoms with Gasteiger partial charge in [-0.3, -0.25) is 9.40 Å². The van der Waals surface area contributed by atoms with Crippen LogP contribution in [0.15, 0.2) is 31.0 Å². The number of hydrogen-bond donors (Lipinski definition) is 1. The monoisotopic (exact) mass is 502 g/mol. The minimum absolute atomic E-state index is 0.0329. The Kier molecular flexibility index (Phi) is 7.12. The Morgan fingerprint density at radius 2 is 1.71 bits per heavy atom. The first-order valence-corrected chi connectivity index (χ1v) is 11.5. The minimum atomic E-state index is 0.0329. The van der Waals surface area contributed by atoms with E-state index >= 15 is 0 Å².